The third-order valence-corrected chi connectivity index (χ3v) is 4.23. The molecule has 0 unspecified atom stereocenters. The molecule has 4 heteroatoms. The van der Waals surface area contributed by atoms with Gasteiger partial charge in [0.1, 0.15) is 0 Å². The molecule has 1 fully saturated rings. The second-order valence-electron chi connectivity index (χ2n) is 5.88. The number of carbonyl (C=O) groups is 1. The number of benzene rings is 1. The first-order chi connectivity index (χ1) is 10.2. The van der Waals surface area contributed by atoms with Gasteiger partial charge in [-0.1, -0.05) is 25.7 Å². The zero-order valence-electron chi connectivity index (χ0n) is 13.0. The van der Waals surface area contributed by atoms with Gasteiger partial charge in [-0.25, -0.2) is 0 Å². The Morgan fingerprint density at radius 2 is 2.10 bits per heavy atom. The first-order valence-electron chi connectivity index (χ1n) is 8.12. The molecular weight excluding hydrogens is 262 g/mol. The molecule has 1 aromatic rings. The van der Waals surface area contributed by atoms with Crippen molar-refractivity contribution in [1.29, 1.82) is 0 Å². The van der Waals surface area contributed by atoms with Crippen molar-refractivity contribution >= 4 is 17.3 Å². The molecule has 0 heterocycles. The minimum atomic E-state index is -0.0495. The van der Waals surface area contributed by atoms with Gasteiger partial charge in [0.25, 0.3) is 5.91 Å². The summed E-state index contributed by atoms with van der Waals surface area (Å²) in [5.74, 6) is 0.873. The molecule has 0 aliphatic heterocycles. The Bertz CT molecular complexity index is 467. The van der Waals surface area contributed by atoms with Gasteiger partial charge in [-0.3, -0.25) is 4.79 Å². The summed E-state index contributed by atoms with van der Waals surface area (Å²) < 4.78 is 0. The Morgan fingerprint density at radius 1 is 1.33 bits per heavy atom. The van der Waals surface area contributed by atoms with Gasteiger partial charge in [0.2, 0.25) is 0 Å². The number of nitrogen functional groups attached to an aromatic ring is 1. The van der Waals surface area contributed by atoms with Crippen molar-refractivity contribution in [3.05, 3.63) is 23.8 Å². The van der Waals surface area contributed by atoms with Crippen LogP contribution in [-0.4, -0.2) is 19.0 Å². The Hall–Kier alpha value is -1.71. The van der Waals surface area contributed by atoms with Crippen LogP contribution in [0, 0.1) is 5.92 Å². The third kappa shape index (κ3) is 4.66. The molecule has 21 heavy (non-hydrogen) atoms. The van der Waals surface area contributed by atoms with E-state index in [0.717, 1.165) is 24.6 Å². The fourth-order valence-electron chi connectivity index (χ4n) is 3.03. The molecule has 4 nitrogen and oxygen atoms in total. The normalized spacial score (nSPS) is 15.1. The molecule has 0 aromatic heterocycles. The SMILES string of the molecule is CCNC(=O)c1ccc(N)c(NCCCC2CCCC2)c1. The van der Waals surface area contributed by atoms with Crippen molar-refractivity contribution in [2.75, 3.05) is 24.1 Å². The minimum Gasteiger partial charge on any atom is -0.397 e. The van der Waals surface area contributed by atoms with Crippen LogP contribution in [0.3, 0.4) is 0 Å². The molecule has 0 radical (unpaired) electrons. The van der Waals surface area contributed by atoms with E-state index in [0.29, 0.717) is 17.8 Å². The summed E-state index contributed by atoms with van der Waals surface area (Å²) >= 11 is 0. The number of nitrogens with two attached hydrogens (primary N) is 1. The van der Waals surface area contributed by atoms with Crippen LogP contribution in [-0.2, 0) is 0 Å². The third-order valence-electron chi connectivity index (χ3n) is 4.23. The Balaban J connectivity index is 1.83. The van der Waals surface area contributed by atoms with Crippen LogP contribution in [0.25, 0.3) is 0 Å². The Morgan fingerprint density at radius 3 is 2.81 bits per heavy atom. The zero-order valence-corrected chi connectivity index (χ0v) is 13.0. The molecule has 4 N–H and O–H groups in total. The van der Waals surface area contributed by atoms with Crippen LogP contribution >= 0.6 is 0 Å². The van der Waals surface area contributed by atoms with Crippen molar-refractivity contribution in [1.82, 2.24) is 5.32 Å². The predicted molar refractivity (Wildman–Crippen MR) is 88.5 cm³/mol. The van der Waals surface area contributed by atoms with Crippen LogP contribution in [0.2, 0.25) is 0 Å². The van der Waals surface area contributed by atoms with Crippen molar-refractivity contribution < 1.29 is 4.79 Å². The number of amides is 1. The number of nitrogens with one attached hydrogen (secondary N) is 2. The summed E-state index contributed by atoms with van der Waals surface area (Å²) in [6, 6.07) is 5.41. The summed E-state index contributed by atoms with van der Waals surface area (Å²) in [7, 11) is 0. The summed E-state index contributed by atoms with van der Waals surface area (Å²) in [5.41, 5.74) is 8.19. The van der Waals surface area contributed by atoms with Crippen molar-refractivity contribution in [3.8, 4) is 0 Å². The van der Waals surface area contributed by atoms with E-state index in [1.54, 1.807) is 12.1 Å². The molecule has 0 spiro atoms. The summed E-state index contributed by atoms with van der Waals surface area (Å²) in [6.45, 7) is 3.46. The van der Waals surface area contributed by atoms with Crippen molar-refractivity contribution in [2.45, 2.75) is 45.4 Å². The predicted octanol–water partition coefficient (Wildman–Crippen LogP) is 3.40. The van der Waals surface area contributed by atoms with E-state index >= 15 is 0 Å². The highest BCUT2D eigenvalue weighted by atomic mass is 16.1. The van der Waals surface area contributed by atoms with E-state index in [4.69, 9.17) is 5.73 Å². The van der Waals surface area contributed by atoms with Crippen LogP contribution in [0.1, 0.15) is 55.8 Å². The van der Waals surface area contributed by atoms with E-state index in [1.165, 1.54) is 32.1 Å². The lowest BCUT2D eigenvalue weighted by molar-refractivity contribution is 0.0956. The lowest BCUT2D eigenvalue weighted by Gasteiger charge is -2.13. The van der Waals surface area contributed by atoms with Gasteiger partial charge in [-0.15, -0.1) is 0 Å². The maximum Gasteiger partial charge on any atom is 0.251 e. The molecule has 1 aromatic carbocycles. The van der Waals surface area contributed by atoms with E-state index in [2.05, 4.69) is 10.6 Å². The van der Waals surface area contributed by atoms with Gasteiger partial charge < -0.3 is 16.4 Å². The molecular formula is C17H27N3O. The summed E-state index contributed by atoms with van der Waals surface area (Å²) in [4.78, 5) is 11.8. The molecule has 1 saturated carbocycles. The smallest absolute Gasteiger partial charge is 0.251 e. The van der Waals surface area contributed by atoms with Crippen LogP contribution < -0.4 is 16.4 Å². The van der Waals surface area contributed by atoms with E-state index in [1.807, 2.05) is 13.0 Å². The highest BCUT2D eigenvalue weighted by Gasteiger charge is 2.14. The Kier molecular flexibility index (Phi) is 5.90. The van der Waals surface area contributed by atoms with E-state index in [-0.39, 0.29) is 5.91 Å². The second-order valence-corrected chi connectivity index (χ2v) is 5.88. The van der Waals surface area contributed by atoms with Crippen LogP contribution in [0.5, 0.6) is 0 Å². The van der Waals surface area contributed by atoms with Gasteiger partial charge in [-0.2, -0.15) is 0 Å². The van der Waals surface area contributed by atoms with Gasteiger partial charge in [0, 0.05) is 18.7 Å². The number of carbonyl (C=O) groups excluding carboxylic acids is 1. The fourth-order valence-corrected chi connectivity index (χ4v) is 3.03. The molecule has 0 saturated heterocycles. The minimum absolute atomic E-state index is 0.0495. The maximum absolute atomic E-state index is 11.8. The van der Waals surface area contributed by atoms with Crippen LogP contribution in [0.4, 0.5) is 11.4 Å². The molecule has 2 rings (SSSR count). The molecule has 116 valence electrons. The second kappa shape index (κ2) is 7.91. The number of rotatable bonds is 7. The fraction of sp³-hybridized carbons (Fsp3) is 0.588. The standard InChI is InChI=1S/C17H27N3O/c1-2-19-17(21)14-9-10-15(18)16(12-14)20-11-5-8-13-6-3-4-7-13/h9-10,12-13,20H,2-8,11,18H2,1H3,(H,19,21). The first-order valence-corrected chi connectivity index (χ1v) is 8.12. The van der Waals surface area contributed by atoms with Gasteiger partial charge in [-0.05, 0) is 43.9 Å². The van der Waals surface area contributed by atoms with Crippen LogP contribution in [0.15, 0.2) is 18.2 Å². The molecule has 1 amide bonds. The van der Waals surface area contributed by atoms with Crippen molar-refractivity contribution in [3.63, 3.8) is 0 Å². The summed E-state index contributed by atoms with van der Waals surface area (Å²) in [6.07, 6.45) is 8.06. The number of anilines is 2. The molecule has 1 aliphatic rings. The maximum atomic E-state index is 11.8. The number of hydrogen-bond donors (Lipinski definition) is 3. The molecule has 1 aliphatic carbocycles. The topological polar surface area (TPSA) is 67.2 Å². The average Bonchev–Trinajstić information content (AvgIpc) is 2.98. The van der Waals surface area contributed by atoms with E-state index in [9.17, 15) is 4.79 Å². The van der Waals surface area contributed by atoms with Gasteiger partial charge >= 0.3 is 0 Å². The van der Waals surface area contributed by atoms with E-state index < -0.39 is 0 Å². The zero-order chi connectivity index (χ0) is 15.1. The van der Waals surface area contributed by atoms with Crippen molar-refractivity contribution in [2.24, 2.45) is 5.92 Å². The quantitative estimate of drug-likeness (QED) is 0.532. The largest absolute Gasteiger partial charge is 0.397 e. The Labute approximate surface area is 127 Å². The van der Waals surface area contributed by atoms with Gasteiger partial charge in [0.05, 0.1) is 11.4 Å². The lowest BCUT2D eigenvalue weighted by Crippen LogP contribution is -2.22. The number of hydrogen-bond acceptors (Lipinski definition) is 3. The highest BCUT2D eigenvalue weighted by molar-refractivity contribution is 5.96. The first kappa shape index (κ1) is 15.7. The van der Waals surface area contributed by atoms with Gasteiger partial charge in [0.15, 0.2) is 0 Å². The summed E-state index contributed by atoms with van der Waals surface area (Å²) in [5, 5.41) is 6.17. The highest BCUT2D eigenvalue weighted by Crippen LogP contribution is 2.28. The monoisotopic (exact) mass is 289 g/mol. The lowest BCUT2D eigenvalue weighted by atomic mass is 10.0. The average molecular weight is 289 g/mol. The molecule has 0 bridgehead atoms. The molecule has 0 atom stereocenters.